The number of H-pyrrole nitrogens is 3. The Balaban J connectivity index is -0.000000257. The van der Waals surface area contributed by atoms with Crippen molar-refractivity contribution in [2.45, 2.75) is 230 Å². The first-order valence-corrected chi connectivity index (χ1v) is 51.9. The maximum absolute atomic E-state index is 12.1. The van der Waals surface area contributed by atoms with Gasteiger partial charge in [-0.1, -0.05) is 29.2 Å². The Morgan fingerprint density at radius 3 is 1.02 bits per heavy atom. The van der Waals surface area contributed by atoms with Crippen molar-refractivity contribution in [2.75, 3.05) is 49.2 Å². The zero-order valence-electron chi connectivity index (χ0n) is 71.9. The van der Waals surface area contributed by atoms with E-state index in [9.17, 15) is 76.8 Å². The van der Waals surface area contributed by atoms with Crippen molar-refractivity contribution >= 4 is 197 Å². The standard InChI is InChI=1S/C11H16N4O2.C10H13ClN4O2.C10H14N4O3.C8H12N4O3.C8H14N4O2.C8H13N3O2.C5H12N2O.C3H7NO2.C2H4O3.3CH4.Cl2OS.ClH.2Na.O4S2/c1-4-7-12-8-9(13-7)14(5-2)11(17)15(6-3)10(8)16;1-3-14-8-7(12-6(5-11)13-8)9(16)15(4-2)10(14)17;1-3-13-8-7(11-6(5-15)12-8)9(16)14(4-2)10(13)17;1-3-11-6(9)5(10-15)7(13)12(4-2)8(11)14;1-3-11-6(10)5(9)7(13)12(4-2)8(11)14;1-3-10-6(9)5-7(12)11(4-2)8(10)13;1-3-6-5(8)7-4-2;4-2-1-3(5)6;3-1-2(4)5;;;;1-4(2)3;;;;1-5(2)6(3)4/h4-6H2,1-3H3,(H,12,13);3-5H2,1-2H3,(H,12,13);15H,3-5H2,1-2H3,(H,11,12);3-4,9H2,1-2H3;3-4,9-10H2,1-2H3;5H,3-4,9H2,1-2H3;3-4H2,1-2H3,(H2,6,7,8);1-2,4H2,(H,5,6);3H,1H2,(H,4,5);3*1H4;;1H;;;/p+1. The molecule has 2 amide bonds. The summed E-state index contributed by atoms with van der Waals surface area (Å²) in [4.78, 5) is 202. The predicted octanol–water partition coefficient (Wildman–Crippen LogP) is -1.31. The normalized spacial score (nSPS) is 9.73. The van der Waals surface area contributed by atoms with Crippen LogP contribution >= 0.6 is 45.4 Å². The van der Waals surface area contributed by atoms with Gasteiger partial charge in [-0.3, -0.25) is 88.4 Å². The molecule has 0 aromatic carbocycles. The third-order valence-electron chi connectivity index (χ3n) is 15.8. The molecular formula is C68H119Cl4N26Na2O25S3+. The number of fused-ring (bicyclic) bond motifs is 3. The van der Waals surface area contributed by atoms with Crippen molar-refractivity contribution in [1.82, 2.24) is 95.3 Å². The minimum absolute atomic E-state index is 0. The molecular weight excluding hydrogens is 1860 g/mol. The van der Waals surface area contributed by atoms with Crippen molar-refractivity contribution < 1.29 is 55.9 Å². The second-order valence-corrected chi connectivity index (χ2v) is 28.2. The number of nitrogens with two attached hydrogens (primary N) is 5. The van der Waals surface area contributed by atoms with Gasteiger partial charge in [0, 0.05) is 137 Å². The molecule has 0 bridgehead atoms. The van der Waals surface area contributed by atoms with Crippen LogP contribution in [-0.4, -0.2) is 214 Å². The number of hydrogen-bond donors (Lipinski definition) is 13. The molecule has 0 aliphatic heterocycles. The Bertz CT molecular complexity index is 5830. The summed E-state index contributed by atoms with van der Waals surface area (Å²) in [5.74, 6) is 0.0106. The number of aryl methyl sites for hydroxylation is 4. The number of nitrogens with zero attached hydrogens (tertiary/aromatic N) is 16. The van der Waals surface area contributed by atoms with Gasteiger partial charge in [-0.2, -0.15) is 16.8 Å². The number of anilines is 4. The molecule has 0 fully saturated rings. The fourth-order valence-electron chi connectivity index (χ4n) is 10.1. The summed E-state index contributed by atoms with van der Waals surface area (Å²) in [6.07, 6.45) is 0.776. The van der Waals surface area contributed by atoms with Crippen molar-refractivity contribution in [3.05, 3.63) is 153 Å². The molecule has 9 heterocycles. The first-order chi connectivity index (χ1) is 58.4. The molecule has 60 heteroatoms. The number of rotatable bonds is 21. The van der Waals surface area contributed by atoms with Gasteiger partial charge in [-0.15, -0.1) is 28.9 Å². The summed E-state index contributed by atoms with van der Waals surface area (Å²) in [6.45, 7) is 31.9. The summed E-state index contributed by atoms with van der Waals surface area (Å²) in [7, 11) is 1.46. The van der Waals surface area contributed by atoms with Gasteiger partial charge in [0.05, 0.1) is 12.3 Å². The number of urea groups is 1. The van der Waals surface area contributed by atoms with E-state index in [2.05, 4.69) is 67.1 Å². The van der Waals surface area contributed by atoms with Crippen molar-refractivity contribution in [2.24, 2.45) is 10.9 Å². The number of nitrogens with one attached hydrogen (secondary N) is 5. The maximum atomic E-state index is 12.1. The van der Waals surface area contributed by atoms with Crippen LogP contribution in [0.3, 0.4) is 0 Å². The zero-order chi connectivity index (χ0) is 96.6. The number of amides is 2. The van der Waals surface area contributed by atoms with E-state index in [0.29, 0.717) is 119 Å². The molecule has 128 heavy (non-hydrogen) atoms. The molecule has 718 valence electrons. The molecule has 9 rings (SSSR count). The Hall–Kier alpha value is -9.67. The molecule has 51 nitrogen and oxygen atoms in total. The second kappa shape index (κ2) is 68.4. The topological polar surface area (TPSA) is 754 Å². The number of aliphatic carboxylic acids is 1. The van der Waals surface area contributed by atoms with Crippen molar-refractivity contribution in [3.63, 3.8) is 0 Å². The van der Waals surface area contributed by atoms with Gasteiger partial charge in [-0.05, 0) is 102 Å². The summed E-state index contributed by atoms with van der Waals surface area (Å²) in [6, 6.07) is 1.18. The SMILES string of the molecule is C.C.C.CCNC(=O)NCC.CCc1nc2c([nH]1)c(=O)n(CC)c(=O)n2CC.CCn1c(=O)c2[nH]c(CCl)nc2n(CC)c1=O.CCn1c(=O)c2[nH]c(CO)nc2n(CC)c1=O.CCn1c(N)c(N)c(=O)n(CC)c1=O.CCn1c(N)c(N=O)c(=O)n(CC)c1=O.CCn1c(N)cc(=O)n(CC)c1=O.Cl.NCCC(=O)O.O=C([OH2+])CO.O=S(=O)=S(=O)=O.O=S(Cl)Cl.[Na][Na]. The van der Waals surface area contributed by atoms with Crippen LogP contribution < -0.4 is 107 Å². The number of carboxylic acid groups (broad SMARTS) is 1. The number of nitroso groups, excluding NO2 is 1. The second-order valence-electron chi connectivity index (χ2n) is 23.0. The van der Waals surface area contributed by atoms with Crippen molar-refractivity contribution in [3.8, 4) is 0 Å². The predicted molar refractivity (Wildman–Crippen MR) is 501 cm³/mol. The van der Waals surface area contributed by atoms with Gasteiger partial charge >= 0.3 is 114 Å². The fraction of sp³-hybridized carbons (Fsp3) is 0.559. The van der Waals surface area contributed by atoms with E-state index in [1.54, 1.807) is 62.3 Å². The number of nitrogen functional groups attached to an aromatic ring is 4. The van der Waals surface area contributed by atoms with Gasteiger partial charge in [0.2, 0.25) is 21.5 Å². The molecule has 9 aromatic rings. The van der Waals surface area contributed by atoms with E-state index in [1.807, 2.05) is 41.5 Å². The summed E-state index contributed by atoms with van der Waals surface area (Å²) < 4.78 is 60.3. The number of aliphatic hydroxyl groups excluding tert-OH is 2. The van der Waals surface area contributed by atoms with Crippen LogP contribution in [0.1, 0.15) is 150 Å². The summed E-state index contributed by atoms with van der Waals surface area (Å²) in [5.41, 5.74) is 23.7. The molecule has 0 radical (unpaired) electrons. The number of carboxylic acids is 1. The van der Waals surface area contributed by atoms with Crippen molar-refractivity contribution in [1.29, 1.82) is 0 Å². The quantitative estimate of drug-likeness (QED) is 0.0131. The van der Waals surface area contributed by atoms with Crippen LogP contribution in [0.5, 0.6) is 0 Å². The van der Waals surface area contributed by atoms with Gasteiger partial charge in [-0.25, -0.2) is 52.7 Å². The van der Waals surface area contributed by atoms with Crippen LogP contribution in [0.2, 0.25) is 0 Å². The van der Waals surface area contributed by atoms with E-state index >= 15 is 0 Å². The average molecular weight is 1980 g/mol. The third kappa shape index (κ3) is 38.2. The Morgan fingerprint density at radius 2 is 0.758 bits per heavy atom. The van der Waals surface area contributed by atoms with E-state index in [-0.39, 0.29) is 153 Å². The number of alkyl halides is 1. The van der Waals surface area contributed by atoms with Gasteiger partial charge in [0.15, 0.2) is 16.9 Å². The number of hydrogen-bond acceptors (Lipinski definition) is 32. The van der Waals surface area contributed by atoms with Gasteiger partial charge in [0.1, 0.15) is 63.8 Å². The number of carbonyl (C=O) groups excluding carboxylic acids is 2. The molecule has 0 aliphatic rings. The third-order valence-corrected chi connectivity index (χ3v) is 16.9. The van der Waals surface area contributed by atoms with E-state index in [4.69, 9.17) is 81.7 Å². The summed E-state index contributed by atoms with van der Waals surface area (Å²) in [5, 5.41) is 38.1. The minimum atomic E-state index is -2.95. The molecule has 0 atom stereocenters. The number of carbonyl (C=O) groups is 3. The Labute approximate surface area is 785 Å². The van der Waals surface area contributed by atoms with Crippen LogP contribution in [0, 0.1) is 4.91 Å². The van der Waals surface area contributed by atoms with Crippen LogP contribution in [0.15, 0.2) is 68.8 Å². The van der Waals surface area contributed by atoms with Crippen LogP contribution in [-0.2, 0) is 135 Å². The molecule has 20 N–H and O–H groups in total. The number of imidazole rings is 3. The monoisotopic (exact) mass is 1980 g/mol. The summed E-state index contributed by atoms with van der Waals surface area (Å²) >= 11 is 8.56. The van der Waals surface area contributed by atoms with Gasteiger partial charge < -0.3 is 74.7 Å². The van der Waals surface area contributed by atoms with Gasteiger partial charge in [0.25, 0.3) is 33.4 Å². The first kappa shape index (κ1) is 131. The molecule has 0 spiro atoms. The molecule has 0 unspecified atom stereocenters. The number of aromatic nitrogens is 18. The van der Waals surface area contributed by atoms with E-state index < -0.39 is 80.0 Å². The molecule has 0 saturated carbocycles. The number of aromatic amines is 3. The number of halogens is 4. The average Bonchev–Trinajstić information content (AvgIpc) is 1.63. The van der Waals surface area contributed by atoms with Crippen LogP contribution in [0.4, 0.5) is 33.6 Å². The fourth-order valence-corrected chi connectivity index (χ4v) is 10.2. The molecule has 0 aliphatic carbocycles. The van der Waals surface area contributed by atoms with E-state index in [1.165, 1.54) is 81.7 Å². The Kier molecular flexibility index (Phi) is 70.3. The molecule has 9 aromatic heterocycles. The number of aliphatic hydroxyl groups is 2. The first-order valence-electron chi connectivity index (χ1n) is 37.9. The Morgan fingerprint density at radius 1 is 0.477 bits per heavy atom. The van der Waals surface area contributed by atoms with Crippen LogP contribution in [0.25, 0.3) is 33.5 Å². The van der Waals surface area contributed by atoms with E-state index in [0.717, 1.165) is 28.7 Å². The zero-order valence-corrected chi connectivity index (χ0v) is 81.5. The molecule has 0 saturated heterocycles.